The first-order valence-electron chi connectivity index (χ1n) is 8.65. The summed E-state index contributed by atoms with van der Waals surface area (Å²) >= 11 is 0.230. The van der Waals surface area contributed by atoms with Crippen molar-refractivity contribution in [2.45, 2.75) is 23.7 Å². The first kappa shape index (κ1) is 21.0. The monoisotopic (exact) mass is 468 g/mol. The van der Waals surface area contributed by atoms with Crippen LogP contribution in [0.4, 0.5) is 0 Å². The van der Waals surface area contributed by atoms with Crippen LogP contribution in [-0.2, 0) is 0 Å². The minimum atomic E-state index is 0.230. The predicted octanol–water partition coefficient (Wildman–Crippen LogP) is 5.28. The molecule has 2 aromatic heterocycles. The number of aromatic nitrogens is 2. The number of fused-ring (bicyclic) bond motifs is 2. The molecule has 2 heterocycles. The molecule has 0 amide bonds. The molecule has 4 rings (SSSR count). The van der Waals surface area contributed by atoms with Crippen LogP contribution < -0.4 is 0 Å². The van der Waals surface area contributed by atoms with E-state index in [2.05, 4.69) is 19.8 Å². The summed E-state index contributed by atoms with van der Waals surface area (Å²) in [5.74, 6) is 0.493. The summed E-state index contributed by atoms with van der Waals surface area (Å²) in [6.45, 7) is 3.82. The molecule has 0 saturated heterocycles. The molecule has 0 aliphatic heterocycles. The Kier molecular flexibility index (Phi) is 7.85. The van der Waals surface area contributed by atoms with Crippen molar-refractivity contribution in [2.24, 2.45) is 0 Å². The molecule has 0 aliphatic carbocycles. The van der Waals surface area contributed by atoms with Gasteiger partial charge in [-0.2, -0.15) is 0 Å². The molecule has 0 spiro atoms. The third-order valence-electron chi connectivity index (χ3n) is 3.68. The van der Waals surface area contributed by atoms with E-state index in [1.165, 1.54) is 0 Å². The number of aryl methyl sites for hydroxylation is 2. The van der Waals surface area contributed by atoms with E-state index in [0.29, 0.717) is 11.0 Å². The van der Waals surface area contributed by atoms with Crippen molar-refractivity contribution in [2.75, 3.05) is 0 Å². The van der Waals surface area contributed by atoms with Crippen LogP contribution in [0.25, 0.3) is 21.8 Å². The second kappa shape index (κ2) is 10.1. The molecule has 2 aromatic carbocycles. The van der Waals surface area contributed by atoms with Crippen LogP contribution in [-0.4, -0.2) is 41.3 Å². The van der Waals surface area contributed by atoms with Crippen LogP contribution in [0.5, 0.6) is 11.5 Å². The van der Waals surface area contributed by atoms with Gasteiger partial charge in [0.15, 0.2) is 0 Å². The molecule has 4 aromatic rings. The Morgan fingerprint density at radius 2 is 1.00 bits per heavy atom. The Bertz CT molecular complexity index is 952. The van der Waals surface area contributed by atoms with Gasteiger partial charge < -0.3 is 10.2 Å². The van der Waals surface area contributed by atoms with Gasteiger partial charge in [0.25, 0.3) is 0 Å². The average Bonchev–Trinajstić information content (AvgIpc) is 2.65. The standard InChI is InChI=1S/2C10H9NO.2CH3.Sn/c2*1-7-5-6-8-3-2-4-9(12)10(8)11-7;;;/h2*2-6,12H,1H3;2*1H3;. The first-order chi connectivity index (χ1) is 13.0. The van der Waals surface area contributed by atoms with E-state index in [-0.39, 0.29) is 32.6 Å². The summed E-state index contributed by atoms with van der Waals surface area (Å²) in [6, 6.07) is 18.6. The molecule has 0 atom stereocenters. The van der Waals surface area contributed by atoms with Gasteiger partial charge in [-0.05, 0) is 38.1 Å². The predicted molar refractivity (Wildman–Crippen MR) is 114 cm³/mol. The summed E-state index contributed by atoms with van der Waals surface area (Å²) in [6.07, 6.45) is 0. The number of benzene rings is 2. The molecular formula is C22H24N2O2Sn. The number of phenolic OH excluding ortho intramolecular Hbond substituents is 2. The van der Waals surface area contributed by atoms with Crippen molar-refractivity contribution in [3.8, 4) is 11.5 Å². The number of rotatable bonds is 0. The topological polar surface area (TPSA) is 66.2 Å². The van der Waals surface area contributed by atoms with Gasteiger partial charge >= 0.3 is 31.0 Å². The van der Waals surface area contributed by atoms with E-state index in [0.717, 1.165) is 22.2 Å². The number of aromatic hydroxyl groups is 2. The third kappa shape index (κ3) is 5.82. The molecule has 0 bridgehead atoms. The zero-order valence-electron chi connectivity index (χ0n) is 16.1. The fourth-order valence-electron chi connectivity index (χ4n) is 2.46. The van der Waals surface area contributed by atoms with Gasteiger partial charge in [-0.15, -0.1) is 0 Å². The van der Waals surface area contributed by atoms with Crippen LogP contribution in [0.1, 0.15) is 11.4 Å². The fourth-order valence-corrected chi connectivity index (χ4v) is 2.46. The quantitative estimate of drug-likeness (QED) is 0.346. The second-order valence-corrected chi connectivity index (χ2v) is 8.96. The van der Waals surface area contributed by atoms with Gasteiger partial charge in [0.2, 0.25) is 0 Å². The summed E-state index contributed by atoms with van der Waals surface area (Å²) in [5.41, 5.74) is 3.20. The van der Waals surface area contributed by atoms with Crippen molar-refractivity contribution in [3.63, 3.8) is 0 Å². The molecule has 0 saturated carbocycles. The van der Waals surface area contributed by atoms with Crippen molar-refractivity contribution >= 4 is 42.9 Å². The Hall–Kier alpha value is -2.34. The number of hydrogen-bond donors (Lipinski definition) is 2. The van der Waals surface area contributed by atoms with E-state index in [1.807, 2.05) is 62.4 Å². The van der Waals surface area contributed by atoms with Crippen LogP contribution in [0.3, 0.4) is 0 Å². The Labute approximate surface area is 170 Å². The van der Waals surface area contributed by atoms with Gasteiger partial charge in [0.05, 0.1) is 0 Å². The van der Waals surface area contributed by atoms with Crippen LogP contribution >= 0.6 is 0 Å². The number of hydrogen-bond acceptors (Lipinski definition) is 4. The van der Waals surface area contributed by atoms with Crippen LogP contribution in [0.15, 0.2) is 60.7 Å². The van der Waals surface area contributed by atoms with Gasteiger partial charge in [0, 0.05) is 22.2 Å². The maximum atomic E-state index is 9.43. The molecule has 4 nitrogen and oxygen atoms in total. The molecule has 27 heavy (non-hydrogen) atoms. The Morgan fingerprint density at radius 3 is 1.37 bits per heavy atom. The Morgan fingerprint density at radius 1 is 0.630 bits per heavy atom. The zero-order valence-corrected chi connectivity index (χ0v) is 18.9. The van der Waals surface area contributed by atoms with Crippen LogP contribution in [0, 0.1) is 13.8 Å². The van der Waals surface area contributed by atoms with E-state index in [4.69, 9.17) is 0 Å². The van der Waals surface area contributed by atoms with Crippen molar-refractivity contribution < 1.29 is 10.2 Å². The van der Waals surface area contributed by atoms with E-state index < -0.39 is 0 Å². The summed E-state index contributed by atoms with van der Waals surface area (Å²) in [7, 11) is 0. The van der Waals surface area contributed by atoms with Gasteiger partial charge in [-0.1, -0.05) is 36.4 Å². The van der Waals surface area contributed by atoms with Crippen molar-refractivity contribution in [1.29, 1.82) is 0 Å². The zero-order chi connectivity index (χ0) is 19.8. The molecule has 0 aliphatic rings. The Balaban J connectivity index is 0.000000170. The fraction of sp³-hybridized carbons (Fsp3) is 0.182. The summed E-state index contributed by atoms with van der Waals surface area (Å²) in [4.78, 5) is 13.0. The van der Waals surface area contributed by atoms with E-state index >= 15 is 0 Å². The SMILES string of the molecule is Cc1ccc2cccc(O)c2n1.Cc1ccc2cccc(O)c2n1.[CH3][Sn][CH3]. The van der Waals surface area contributed by atoms with Crippen LogP contribution in [0.2, 0.25) is 9.88 Å². The van der Waals surface area contributed by atoms with Gasteiger partial charge in [-0.3, -0.25) is 0 Å². The maximum absolute atomic E-state index is 9.43. The molecule has 5 heteroatoms. The van der Waals surface area contributed by atoms with E-state index in [1.54, 1.807) is 12.1 Å². The molecule has 138 valence electrons. The van der Waals surface area contributed by atoms with Crippen molar-refractivity contribution in [3.05, 3.63) is 72.1 Å². The first-order valence-corrected chi connectivity index (χ1v) is 14.4. The normalized spacial score (nSPS) is 9.93. The minimum absolute atomic E-state index is 0.230. The molecule has 0 unspecified atom stereocenters. The van der Waals surface area contributed by atoms with Crippen molar-refractivity contribution in [1.82, 2.24) is 9.97 Å². The average molecular weight is 467 g/mol. The summed E-state index contributed by atoms with van der Waals surface area (Å²) < 4.78 is 0. The number of phenols is 2. The molecule has 0 fully saturated rings. The summed E-state index contributed by atoms with van der Waals surface area (Å²) in [5, 5.41) is 20.8. The number of nitrogens with zero attached hydrogens (tertiary/aromatic N) is 2. The second-order valence-electron chi connectivity index (χ2n) is 6.10. The number of para-hydroxylation sites is 2. The molecular weight excluding hydrogens is 443 g/mol. The molecule has 2 N–H and O–H groups in total. The molecule has 2 radical (unpaired) electrons. The number of pyridine rings is 2. The van der Waals surface area contributed by atoms with Gasteiger partial charge in [-0.25, -0.2) is 9.97 Å². The van der Waals surface area contributed by atoms with Gasteiger partial charge in [0.1, 0.15) is 22.5 Å². The van der Waals surface area contributed by atoms with E-state index in [9.17, 15) is 10.2 Å². The third-order valence-corrected chi connectivity index (χ3v) is 3.68.